The number of hydrogen-bond acceptors (Lipinski definition) is 7. The molecule has 1 fully saturated rings. The van der Waals surface area contributed by atoms with Gasteiger partial charge in [0.25, 0.3) is 5.56 Å². The lowest BCUT2D eigenvalue weighted by atomic mass is 10.2. The lowest BCUT2D eigenvalue weighted by Gasteiger charge is -2.20. The number of unbranched alkanes of at least 4 members (excludes halogenated alkanes) is 1. The lowest BCUT2D eigenvalue weighted by molar-refractivity contribution is -0.0626. The average molecular weight is 392 g/mol. The van der Waals surface area contributed by atoms with E-state index in [9.17, 15) is 19.0 Å². The number of ether oxygens (including phenoxy) is 2. The maximum Gasteiger partial charge on any atom is 0.472 e. The quantitative estimate of drug-likeness (QED) is 0.472. The summed E-state index contributed by atoms with van der Waals surface area (Å²) in [6.07, 6.45) is 1.39. The Labute approximate surface area is 150 Å². The van der Waals surface area contributed by atoms with Gasteiger partial charge < -0.3 is 14.4 Å². The van der Waals surface area contributed by atoms with Crippen molar-refractivity contribution in [1.82, 2.24) is 9.55 Å². The zero-order chi connectivity index (χ0) is 19.3. The molecule has 4 atom stereocenters. The molecular weight excluding hydrogens is 367 g/mol. The van der Waals surface area contributed by atoms with Crippen LogP contribution in [0.4, 0.5) is 0 Å². The third-order valence-electron chi connectivity index (χ3n) is 4.04. The second kappa shape index (κ2) is 9.07. The van der Waals surface area contributed by atoms with Gasteiger partial charge in [-0.15, -0.1) is 0 Å². The van der Waals surface area contributed by atoms with Crippen molar-refractivity contribution in [2.75, 3.05) is 20.3 Å². The monoisotopic (exact) mass is 392 g/mol. The second-order valence-corrected chi connectivity index (χ2v) is 7.54. The molecule has 2 heterocycles. The van der Waals surface area contributed by atoms with Crippen molar-refractivity contribution in [2.24, 2.45) is 0 Å². The molecule has 1 aromatic heterocycles. The minimum absolute atomic E-state index is 0.130. The Balaban J connectivity index is 2.03. The van der Waals surface area contributed by atoms with Crippen molar-refractivity contribution in [3.8, 4) is 0 Å². The summed E-state index contributed by atoms with van der Waals surface area (Å²) in [5, 5.41) is 0. The number of hydrogen-bond donors (Lipinski definition) is 2. The third kappa shape index (κ3) is 5.35. The van der Waals surface area contributed by atoms with Gasteiger partial charge in [-0.25, -0.2) is 9.36 Å². The van der Waals surface area contributed by atoms with Crippen molar-refractivity contribution >= 4 is 7.82 Å². The molecule has 10 nitrogen and oxygen atoms in total. The fourth-order valence-corrected chi connectivity index (χ4v) is 3.38. The summed E-state index contributed by atoms with van der Waals surface area (Å²) in [5.74, 6) is 0. The van der Waals surface area contributed by atoms with Crippen LogP contribution in [0.1, 0.15) is 38.0 Å². The van der Waals surface area contributed by atoms with Crippen LogP contribution >= 0.6 is 7.82 Å². The van der Waals surface area contributed by atoms with E-state index in [-0.39, 0.29) is 13.2 Å². The highest BCUT2D eigenvalue weighted by atomic mass is 31.2. The Hall–Kier alpha value is -1.29. The maximum atomic E-state index is 12.0. The second-order valence-electron chi connectivity index (χ2n) is 6.09. The molecule has 0 spiro atoms. The Morgan fingerprint density at radius 1 is 1.42 bits per heavy atom. The summed E-state index contributed by atoms with van der Waals surface area (Å²) in [4.78, 5) is 35.4. The van der Waals surface area contributed by atoms with Gasteiger partial charge in [-0.2, -0.15) is 0 Å². The van der Waals surface area contributed by atoms with Crippen molar-refractivity contribution in [3.05, 3.63) is 32.6 Å². The van der Waals surface area contributed by atoms with Gasteiger partial charge in [0.15, 0.2) is 6.23 Å². The van der Waals surface area contributed by atoms with E-state index in [1.54, 1.807) is 6.92 Å². The molecule has 1 aromatic rings. The first-order valence-electron chi connectivity index (χ1n) is 8.39. The smallest absolute Gasteiger partial charge is 0.377 e. The molecule has 0 radical (unpaired) electrons. The molecule has 1 aliphatic heterocycles. The third-order valence-corrected chi connectivity index (χ3v) is 5.03. The van der Waals surface area contributed by atoms with Crippen molar-refractivity contribution < 1.29 is 28.0 Å². The van der Waals surface area contributed by atoms with Crippen molar-refractivity contribution in [1.29, 1.82) is 0 Å². The molecule has 0 saturated carbocycles. The van der Waals surface area contributed by atoms with Crippen LogP contribution in [0.3, 0.4) is 0 Å². The molecule has 148 valence electrons. The van der Waals surface area contributed by atoms with Crippen LogP contribution in [-0.4, -0.2) is 47.0 Å². The number of H-pyrrole nitrogens is 1. The minimum atomic E-state index is -4.16. The number of rotatable bonds is 9. The lowest BCUT2D eigenvalue weighted by Crippen LogP contribution is -2.36. The van der Waals surface area contributed by atoms with E-state index in [1.807, 2.05) is 6.92 Å². The van der Waals surface area contributed by atoms with E-state index < -0.39 is 37.5 Å². The first-order valence-corrected chi connectivity index (χ1v) is 9.89. The van der Waals surface area contributed by atoms with Gasteiger partial charge in [0, 0.05) is 25.3 Å². The van der Waals surface area contributed by atoms with Crippen molar-refractivity contribution in [3.63, 3.8) is 0 Å². The van der Waals surface area contributed by atoms with Crippen LogP contribution in [0.15, 0.2) is 15.8 Å². The van der Waals surface area contributed by atoms with Gasteiger partial charge in [0.05, 0.1) is 19.3 Å². The molecule has 2 unspecified atom stereocenters. The molecule has 0 aliphatic carbocycles. The van der Waals surface area contributed by atoms with Crippen LogP contribution in [0, 0.1) is 6.92 Å². The van der Waals surface area contributed by atoms with Gasteiger partial charge in [0.2, 0.25) is 0 Å². The number of methoxy groups -OCH3 is 1. The molecule has 11 heteroatoms. The number of nitrogens with zero attached hydrogens (tertiary/aromatic N) is 1. The summed E-state index contributed by atoms with van der Waals surface area (Å²) >= 11 is 0. The van der Waals surface area contributed by atoms with Gasteiger partial charge in [-0.3, -0.25) is 23.4 Å². The van der Waals surface area contributed by atoms with E-state index >= 15 is 0 Å². The largest absolute Gasteiger partial charge is 0.472 e. The fourth-order valence-electron chi connectivity index (χ4n) is 2.59. The predicted octanol–water partition coefficient (Wildman–Crippen LogP) is 1.08. The highest BCUT2D eigenvalue weighted by molar-refractivity contribution is 7.47. The van der Waals surface area contributed by atoms with E-state index in [0.29, 0.717) is 18.4 Å². The maximum absolute atomic E-state index is 12.0. The number of aryl methyl sites for hydroxylation is 1. The number of aromatic nitrogens is 2. The Morgan fingerprint density at radius 2 is 2.15 bits per heavy atom. The van der Waals surface area contributed by atoms with Crippen molar-refractivity contribution in [2.45, 2.75) is 51.5 Å². The zero-order valence-electron chi connectivity index (χ0n) is 15.0. The van der Waals surface area contributed by atoms with Crippen LogP contribution in [0.2, 0.25) is 0 Å². The Kier molecular flexibility index (Phi) is 7.33. The number of nitrogens with one attached hydrogen (secondary N) is 1. The van der Waals surface area contributed by atoms with Crippen LogP contribution in [0.5, 0.6) is 0 Å². The molecule has 2 rings (SSSR count). The highest BCUT2D eigenvalue weighted by Gasteiger charge is 2.38. The van der Waals surface area contributed by atoms with E-state index in [0.717, 1.165) is 6.42 Å². The highest BCUT2D eigenvalue weighted by Crippen LogP contribution is 2.44. The van der Waals surface area contributed by atoms with E-state index in [1.165, 1.54) is 17.9 Å². The number of phosphoric acid groups is 1. The first kappa shape index (κ1) is 21.0. The van der Waals surface area contributed by atoms with Crippen LogP contribution in [0.25, 0.3) is 0 Å². The number of aromatic amines is 1. The molecule has 0 aromatic carbocycles. The zero-order valence-corrected chi connectivity index (χ0v) is 15.9. The Bertz CT molecular complexity index is 761. The molecule has 1 aliphatic rings. The normalized spacial score (nSPS) is 25.3. The Morgan fingerprint density at radius 3 is 2.81 bits per heavy atom. The van der Waals surface area contributed by atoms with Gasteiger partial charge in [-0.1, -0.05) is 13.3 Å². The van der Waals surface area contributed by atoms with E-state index in [4.69, 9.17) is 18.5 Å². The summed E-state index contributed by atoms with van der Waals surface area (Å²) in [6.45, 7) is 3.45. The molecule has 2 N–H and O–H groups in total. The predicted molar refractivity (Wildman–Crippen MR) is 92.0 cm³/mol. The standard InChI is InChI=1S/C15H25N2O8P/c1-4-5-6-23-26(20,21)24-9-11-7-12(22-3)14(25-11)17-8-10(2)13(18)16-15(17)19/h8,11-12,14H,4-7,9H2,1-3H3,(H,20,21)(H,16,18,19)/t11-,12?,14+/m0/s1. The molecule has 0 amide bonds. The summed E-state index contributed by atoms with van der Waals surface area (Å²) in [7, 11) is -2.68. The molecule has 1 saturated heterocycles. The topological polar surface area (TPSA) is 129 Å². The first-order chi connectivity index (χ1) is 12.3. The summed E-state index contributed by atoms with van der Waals surface area (Å²) < 4.78 is 34.0. The SMILES string of the molecule is CCCCOP(=O)(O)OC[C@@H]1CC(OC)[C@H](n2cc(C)c(=O)[nH]c2=O)O1. The molecular formula is C15H25N2O8P. The average Bonchev–Trinajstić information content (AvgIpc) is 3.00. The van der Waals surface area contributed by atoms with E-state index in [2.05, 4.69) is 4.98 Å². The van der Waals surface area contributed by atoms with Crippen LogP contribution < -0.4 is 11.2 Å². The summed E-state index contributed by atoms with van der Waals surface area (Å²) in [6, 6.07) is 0. The molecule has 0 bridgehead atoms. The van der Waals surface area contributed by atoms with Crippen LogP contribution in [-0.2, 0) is 23.1 Å². The molecule has 26 heavy (non-hydrogen) atoms. The van der Waals surface area contributed by atoms with Gasteiger partial charge >= 0.3 is 13.5 Å². The number of phosphoric ester groups is 1. The summed E-state index contributed by atoms with van der Waals surface area (Å²) in [5.41, 5.74) is -0.736. The van der Waals surface area contributed by atoms with Gasteiger partial charge in [0.1, 0.15) is 6.10 Å². The fraction of sp³-hybridized carbons (Fsp3) is 0.733. The minimum Gasteiger partial charge on any atom is -0.377 e. The van der Waals surface area contributed by atoms with Gasteiger partial charge in [-0.05, 0) is 13.3 Å².